The highest BCUT2D eigenvalue weighted by molar-refractivity contribution is 5.83. The predicted molar refractivity (Wildman–Crippen MR) is 121 cm³/mol. The Morgan fingerprint density at radius 1 is 0.903 bits per heavy atom. The average Bonchev–Trinajstić information content (AvgIpc) is 2.76. The van der Waals surface area contributed by atoms with Gasteiger partial charge in [-0.2, -0.15) is 13.2 Å². The summed E-state index contributed by atoms with van der Waals surface area (Å²) in [6.45, 7) is 2.44. The second kappa shape index (κ2) is 13.2. The van der Waals surface area contributed by atoms with E-state index in [0.717, 1.165) is 30.5 Å². The zero-order valence-corrected chi connectivity index (χ0v) is 18.3. The lowest BCUT2D eigenvalue weighted by Gasteiger charge is -2.12. The predicted octanol–water partition coefficient (Wildman–Crippen LogP) is 7.76. The molecule has 0 aliphatic heterocycles. The number of benzene rings is 2. The van der Waals surface area contributed by atoms with Crippen LogP contribution in [0.5, 0.6) is 5.75 Å². The van der Waals surface area contributed by atoms with Gasteiger partial charge in [0.25, 0.3) is 0 Å². The molecule has 2 aromatic carbocycles. The summed E-state index contributed by atoms with van der Waals surface area (Å²) >= 11 is 0. The minimum atomic E-state index is -4.42. The highest BCUT2D eigenvalue weighted by atomic mass is 19.4. The zero-order chi connectivity index (χ0) is 22.5. The Labute approximate surface area is 183 Å². The third-order valence-electron chi connectivity index (χ3n) is 5.24. The highest BCUT2D eigenvalue weighted by Crippen LogP contribution is 2.32. The number of rotatable bonds is 13. The van der Waals surface area contributed by atoms with E-state index in [1.807, 2.05) is 24.3 Å². The van der Waals surface area contributed by atoms with Crippen molar-refractivity contribution in [2.45, 2.75) is 64.5 Å². The summed E-state index contributed by atoms with van der Waals surface area (Å²) in [6.07, 6.45) is 6.99. The second-order valence-corrected chi connectivity index (χ2v) is 7.77. The molecule has 0 atom stereocenters. The van der Waals surface area contributed by atoms with Crippen molar-refractivity contribution < 1.29 is 23.0 Å². The van der Waals surface area contributed by atoms with Gasteiger partial charge in [0.05, 0.1) is 18.8 Å². The Bertz CT molecular complexity index is 812. The van der Waals surface area contributed by atoms with E-state index >= 15 is 0 Å². The van der Waals surface area contributed by atoms with Crippen molar-refractivity contribution in [1.82, 2.24) is 0 Å². The molecule has 0 saturated heterocycles. The van der Waals surface area contributed by atoms with Crippen LogP contribution in [0.15, 0.2) is 48.5 Å². The molecule has 0 heterocycles. The van der Waals surface area contributed by atoms with Gasteiger partial charge in [-0.15, -0.1) is 0 Å². The van der Waals surface area contributed by atoms with Gasteiger partial charge in [0.1, 0.15) is 5.75 Å². The summed E-state index contributed by atoms with van der Waals surface area (Å²) in [5.74, 6) is 0.670. The van der Waals surface area contributed by atoms with E-state index in [4.69, 9.17) is 4.74 Å². The van der Waals surface area contributed by atoms with Crippen LogP contribution in [0.2, 0.25) is 0 Å². The fourth-order valence-corrected chi connectivity index (χ4v) is 3.45. The molecular weight excluding hydrogens is 401 g/mol. The smallest absolute Gasteiger partial charge is 0.416 e. The van der Waals surface area contributed by atoms with E-state index in [1.165, 1.54) is 44.6 Å². The zero-order valence-electron chi connectivity index (χ0n) is 18.3. The lowest BCUT2D eigenvalue weighted by molar-refractivity contribution is -0.137. The van der Waals surface area contributed by atoms with Crippen molar-refractivity contribution in [1.29, 1.82) is 0 Å². The van der Waals surface area contributed by atoms with Crippen LogP contribution in [-0.2, 0) is 6.18 Å². The van der Waals surface area contributed by atoms with Gasteiger partial charge in [-0.3, -0.25) is 0 Å². The van der Waals surface area contributed by atoms with E-state index in [-0.39, 0.29) is 6.61 Å². The molecule has 5 heteroatoms. The number of hydrogen-bond donors (Lipinski definition) is 1. The fraction of sp³-hybridized carbons (Fsp3) is 0.462. The molecule has 0 fully saturated rings. The maximum Gasteiger partial charge on any atom is 0.416 e. The molecule has 31 heavy (non-hydrogen) atoms. The molecule has 0 amide bonds. The van der Waals surface area contributed by atoms with E-state index in [9.17, 15) is 18.3 Å². The number of halogens is 3. The minimum Gasteiger partial charge on any atom is -0.493 e. The molecule has 0 aliphatic rings. The Morgan fingerprint density at radius 3 is 2.26 bits per heavy atom. The van der Waals surface area contributed by atoms with Crippen LogP contribution in [0.25, 0.3) is 11.6 Å². The topological polar surface area (TPSA) is 29.5 Å². The number of aliphatic hydroxyl groups is 1. The van der Waals surface area contributed by atoms with Crippen molar-refractivity contribution >= 4 is 11.6 Å². The number of ether oxygens (including phenoxy) is 1. The summed E-state index contributed by atoms with van der Waals surface area (Å²) in [4.78, 5) is 0. The molecule has 170 valence electrons. The summed E-state index contributed by atoms with van der Waals surface area (Å²) in [7, 11) is 0. The van der Waals surface area contributed by atoms with Crippen molar-refractivity contribution in [3.05, 3.63) is 65.2 Å². The van der Waals surface area contributed by atoms with Crippen LogP contribution < -0.4 is 4.74 Å². The van der Waals surface area contributed by atoms with Crippen LogP contribution in [0, 0.1) is 0 Å². The molecule has 1 N–H and O–H groups in total. The molecule has 0 saturated carbocycles. The van der Waals surface area contributed by atoms with Gasteiger partial charge < -0.3 is 9.84 Å². The Balaban J connectivity index is 1.98. The number of hydrogen-bond acceptors (Lipinski definition) is 2. The van der Waals surface area contributed by atoms with E-state index in [1.54, 1.807) is 12.1 Å². The average molecular weight is 435 g/mol. The standard InChI is InChI=1S/C26H33F3O2/c1-2-3-4-5-6-7-8-11-17-31-25-16-10-9-13-22(25)18-23(20-30)21-14-12-15-24(19-21)26(27,28)29/h9-10,12-16,18-19,30H,2-8,11,17,20H2,1H3/b23-18+. The molecule has 0 spiro atoms. The Kier molecular flexibility index (Phi) is 10.6. The van der Waals surface area contributed by atoms with Crippen LogP contribution in [-0.4, -0.2) is 18.3 Å². The highest BCUT2D eigenvalue weighted by Gasteiger charge is 2.30. The summed E-state index contributed by atoms with van der Waals surface area (Å²) in [5, 5.41) is 9.79. The first-order chi connectivity index (χ1) is 15.0. The summed E-state index contributed by atoms with van der Waals surface area (Å²) < 4.78 is 45.0. The largest absolute Gasteiger partial charge is 0.493 e. The fourth-order valence-electron chi connectivity index (χ4n) is 3.45. The maximum absolute atomic E-state index is 13.0. The molecule has 0 aromatic heterocycles. The van der Waals surface area contributed by atoms with Gasteiger partial charge in [-0.05, 0) is 41.8 Å². The Hall–Kier alpha value is -2.27. The van der Waals surface area contributed by atoms with Gasteiger partial charge in [-0.1, -0.05) is 82.2 Å². The second-order valence-electron chi connectivity index (χ2n) is 7.77. The van der Waals surface area contributed by atoms with Gasteiger partial charge in [-0.25, -0.2) is 0 Å². The first kappa shape index (κ1) is 25.0. The molecule has 0 bridgehead atoms. The van der Waals surface area contributed by atoms with Crippen molar-refractivity contribution in [2.75, 3.05) is 13.2 Å². The lowest BCUT2D eigenvalue weighted by atomic mass is 10.0. The maximum atomic E-state index is 13.0. The van der Waals surface area contributed by atoms with Gasteiger partial charge in [0.15, 0.2) is 0 Å². The minimum absolute atomic E-state index is 0.343. The monoisotopic (exact) mass is 434 g/mol. The van der Waals surface area contributed by atoms with Gasteiger partial charge in [0.2, 0.25) is 0 Å². The number of para-hydroxylation sites is 1. The summed E-state index contributed by atoms with van der Waals surface area (Å²) in [5.41, 5.74) is 0.761. The number of aliphatic hydroxyl groups excluding tert-OH is 1. The molecular formula is C26H33F3O2. The van der Waals surface area contributed by atoms with Crippen molar-refractivity contribution in [3.8, 4) is 5.75 Å². The van der Waals surface area contributed by atoms with E-state index in [0.29, 0.717) is 23.5 Å². The first-order valence-electron chi connectivity index (χ1n) is 11.2. The van der Waals surface area contributed by atoms with Gasteiger partial charge >= 0.3 is 6.18 Å². The SMILES string of the molecule is CCCCCCCCCCOc1ccccc1/C=C(\CO)c1cccc(C(F)(F)F)c1. The lowest BCUT2D eigenvalue weighted by Crippen LogP contribution is -2.05. The number of alkyl halides is 3. The van der Waals surface area contributed by atoms with Gasteiger partial charge in [0, 0.05) is 5.56 Å². The molecule has 2 nitrogen and oxygen atoms in total. The third kappa shape index (κ3) is 8.78. The molecule has 0 aliphatic carbocycles. The molecule has 2 rings (SSSR count). The molecule has 2 aromatic rings. The quantitative estimate of drug-likeness (QED) is 0.258. The normalized spacial score (nSPS) is 12.2. The van der Waals surface area contributed by atoms with Crippen LogP contribution >= 0.6 is 0 Å². The van der Waals surface area contributed by atoms with Crippen molar-refractivity contribution in [2.24, 2.45) is 0 Å². The van der Waals surface area contributed by atoms with Crippen molar-refractivity contribution in [3.63, 3.8) is 0 Å². The van der Waals surface area contributed by atoms with Crippen LogP contribution in [0.4, 0.5) is 13.2 Å². The van der Waals surface area contributed by atoms with E-state index < -0.39 is 11.7 Å². The van der Waals surface area contributed by atoms with Crippen LogP contribution in [0.1, 0.15) is 75.0 Å². The molecule has 0 unspecified atom stereocenters. The van der Waals surface area contributed by atoms with Crippen LogP contribution in [0.3, 0.4) is 0 Å². The number of unbranched alkanes of at least 4 members (excludes halogenated alkanes) is 7. The Morgan fingerprint density at radius 2 is 1.58 bits per heavy atom. The van der Waals surface area contributed by atoms with E-state index in [2.05, 4.69) is 6.92 Å². The third-order valence-corrected chi connectivity index (χ3v) is 5.24. The summed E-state index contributed by atoms with van der Waals surface area (Å²) in [6, 6.07) is 12.4. The molecule has 0 radical (unpaired) electrons. The first-order valence-corrected chi connectivity index (χ1v) is 11.2.